The third-order valence-electron chi connectivity index (χ3n) is 8.56. The molecule has 0 saturated carbocycles. The zero-order valence-corrected chi connectivity index (χ0v) is 23.5. The third kappa shape index (κ3) is 6.59. The Morgan fingerprint density at radius 2 is 1.79 bits per heavy atom. The molecular weight excluding hydrogens is 549 g/mol. The van der Waals surface area contributed by atoms with Crippen LogP contribution >= 0.6 is 0 Å². The number of benzene rings is 3. The molecule has 0 aromatic heterocycles. The molecule has 3 aromatic rings. The molecule has 1 unspecified atom stereocenters. The van der Waals surface area contributed by atoms with Gasteiger partial charge in [-0.25, -0.2) is 13.6 Å². The van der Waals surface area contributed by atoms with Crippen molar-refractivity contribution in [1.29, 1.82) is 0 Å². The van der Waals surface area contributed by atoms with Gasteiger partial charge in [-0.05, 0) is 114 Å². The normalized spacial score (nSPS) is 17.9. The maximum atomic E-state index is 13.9. The minimum absolute atomic E-state index is 0.111. The largest absolute Gasteiger partial charge is 0.478 e. The fraction of sp³-hybridized carbons (Fsp3) is 0.382. The lowest BCUT2D eigenvalue weighted by atomic mass is 9.84. The van der Waals surface area contributed by atoms with Crippen LogP contribution in [0, 0.1) is 12.8 Å². The van der Waals surface area contributed by atoms with E-state index in [1.807, 2.05) is 24.3 Å². The summed E-state index contributed by atoms with van der Waals surface area (Å²) >= 11 is 0. The van der Waals surface area contributed by atoms with Crippen LogP contribution in [-0.4, -0.2) is 42.0 Å². The molecule has 1 N–H and O–H groups in total. The van der Waals surface area contributed by atoms with Crippen molar-refractivity contribution in [1.82, 2.24) is 4.90 Å². The summed E-state index contributed by atoms with van der Waals surface area (Å²) in [5.41, 5.74) is 5.57. The minimum Gasteiger partial charge on any atom is -0.478 e. The summed E-state index contributed by atoms with van der Waals surface area (Å²) in [7, 11) is 0. The smallest absolute Gasteiger partial charge is 0.416 e. The lowest BCUT2D eigenvalue weighted by molar-refractivity contribution is -0.138. The Balaban J connectivity index is 1.53. The second-order valence-electron chi connectivity index (χ2n) is 11.4. The number of aromatic carboxylic acids is 1. The van der Waals surface area contributed by atoms with Gasteiger partial charge in [0.15, 0.2) is 0 Å². The van der Waals surface area contributed by atoms with Gasteiger partial charge < -0.3 is 10.0 Å². The number of carboxylic acids is 1. The summed E-state index contributed by atoms with van der Waals surface area (Å²) < 4.78 is 66.8. The fourth-order valence-electron chi connectivity index (χ4n) is 6.49. The second-order valence-corrected chi connectivity index (χ2v) is 11.4. The van der Waals surface area contributed by atoms with Gasteiger partial charge in [-0.3, -0.25) is 0 Å². The summed E-state index contributed by atoms with van der Waals surface area (Å²) in [6.45, 7) is 3.52. The van der Waals surface area contributed by atoms with Gasteiger partial charge in [-0.1, -0.05) is 42.5 Å². The molecule has 8 heteroatoms. The van der Waals surface area contributed by atoms with Crippen LogP contribution in [0.5, 0.6) is 0 Å². The SMILES string of the molecule is Cc1c(C2=C(c3ccc(CC4CCN(CCC(F)F)C4)cc3)c3ccc(C(=O)O)cc3CCC2)cccc1C(F)(F)F. The molecule has 42 heavy (non-hydrogen) atoms. The standard InChI is InChI=1S/C34H34F5NO2/c1-21-27(5-3-7-30(21)34(37,38)39)29-6-2-4-25-19-26(33(41)42)12-13-28(25)32(29)24-10-8-22(9-11-24)18-23-14-16-40(20-23)17-15-31(35)36/h3,5,7-13,19,23,31H,2,4,6,14-18,20H2,1H3,(H,41,42). The average Bonchev–Trinajstić information content (AvgIpc) is 3.30. The van der Waals surface area contributed by atoms with Crippen molar-refractivity contribution in [2.24, 2.45) is 5.92 Å². The zero-order valence-electron chi connectivity index (χ0n) is 23.5. The van der Waals surface area contributed by atoms with Gasteiger partial charge in [0.1, 0.15) is 0 Å². The van der Waals surface area contributed by atoms with E-state index >= 15 is 0 Å². The number of aryl methyl sites for hydroxylation is 1. The van der Waals surface area contributed by atoms with Gasteiger partial charge in [0.25, 0.3) is 0 Å². The molecule has 1 fully saturated rings. The number of hydrogen-bond acceptors (Lipinski definition) is 2. The molecule has 0 amide bonds. The highest BCUT2D eigenvalue weighted by Crippen LogP contribution is 2.43. The number of halogens is 5. The Bertz CT molecular complexity index is 1480. The summed E-state index contributed by atoms with van der Waals surface area (Å²) in [4.78, 5) is 13.8. The van der Waals surface area contributed by atoms with Crippen LogP contribution in [0.25, 0.3) is 11.1 Å². The molecule has 0 radical (unpaired) electrons. The van der Waals surface area contributed by atoms with Crippen molar-refractivity contribution < 1.29 is 31.9 Å². The molecule has 0 bridgehead atoms. The van der Waals surface area contributed by atoms with Crippen molar-refractivity contribution in [2.45, 2.75) is 58.1 Å². The molecule has 1 aliphatic carbocycles. The molecule has 5 rings (SSSR count). The van der Waals surface area contributed by atoms with Crippen molar-refractivity contribution in [3.05, 3.63) is 105 Å². The number of hydrogen-bond donors (Lipinski definition) is 1. The van der Waals surface area contributed by atoms with E-state index in [0.29, 0.717) is 37.3 Å². The first kappa shape index (κ1) is 30.0. The molecular formula is C34H34F5NO2. The summed E-state index contributed by atoms with van der Waals surface area (Å²) in [5.74, 6) is -0.644. The molecule has 1 heterocycles. The van der Waals surface area contributed by atoms with Gasteiger partial charge in [0, 0.05) is 19.5 Å². The highest BCUT2D eigenvalue weighted by molar-refractivity contribution is 6.01. The number of carbonyl (C=O) groups is 1. The monoisotopic (exact) mass is 583 g/mol. The number of alkyl halides is 5. The second kappa shape index (κ2) is 12.4. The fourth-order valence-corrected chi connectivity index (χ4v) is 6.49. The highest BCUT2D eigenvalue weighted by Gasteiger charge is 2.34. The summed E-state index contributed by atoms with van der Waals surface area (Å²) in [6.07, 6.45) is -3.27. The maximum absolute atomic E-state index is 13.9. The highest BCUT2D eigenvalue weighted by atomic mass is 19.4. The molecule has 2 aliphatic rings. The average molecular weight is 584 g/mol. The zero-order chi connectivity index (χ0) is 30.0. The molecule has 1 saturated heterocycles. The topological polar surface area (TPSA) is 40.5 Å². The van der Waals surface area contributed by atoms with E-state index in [0.717, 1.165) is 65.4 Å². The van der Waals surface area contributed by atoms with Gasteiger partial charge in [0.2, 0.25) is 6.43 Å². The quantitative estimate of drug-likeness (QED) is 0.270. The van der Waals surface area contributed by atoms with E-state index in [-0.39, 0.29) is 17.5 Å². The number of fused-ring (bicyclic) bond motifs is 1. The Morgan fingerprint density at radius 3 is 2.48 bits per heavy atom. The van der Waals surface area contributed by atoms with Gasteiger partial charge in [-0.2, -0.15) is 13.2 Å². The van der Waals surface area contributed by atoms with Gasteiger partial charge in [0.05, 0.1) is 11.1 Å². The molecule has 0 spiro atoms. The van der Waals surface area contributed by atoms with E-state index in [1.54, 1.807) is 24.3 Å². The molecule has 1 atom stereocenters. The van der Waals surface area contributed by atoms with Crippen LogP contribution in [0.4, 0.5) is 22.0 Å². The number of carboxylic acid groups (broad SMARTS) is 1. The van der Waals surface area contributed by atoms with E-state index < -0.39 is 24.1 Å². The van der Waals surface area contributed by atoms with E-state index in [1.165, 1.54) is 13.0 Å². The number of likely N-dealkylation sites (tertiary alicyclic amines) is 1. The Hall–Kier alpha value is -3.52. The van der Waals surface area contributed by atoms with Crippen LogP contribution in [0.15, 0.2) is 60.7 Å². The van der Waals surface area contributed by atoms with E-state index in [4.69, 9.17) is 0 Å². The molecule has 222 valence electrons. The van der Waals surface area contributed by atoms with Crippen LogP contribution in [0.3, 0.4) is 0 Å². The minimum atomic E-state index is -4.48. The van der Waals surface area contributed by atoms with Crippen molar-refractivity contribution in [3.8, 4) is 0 Å². The van der Waals surface area contributed by atoms with Gasteiger partial charge >= 0.3 is 12.1 Å². The first-order chi connectivity index (χ1) is 20.0. The Labute approximate surface area is 242 Å². The maximum Gasteiger partial charge on any atom is 0.416 e. The first-order valence-corrected chi connectivity index (χ1v) is 14.4. The van der Waals surface area contributed by atoms with Crippen LogP contribution in [-0.2, 0) is 19.0 Å². The molecule has 1 aliphatic heterocycles. The number of allylic oxidation sites excluding steroid dienone is 1. The van der Waals surface area contributed by atoms with Crippen LogP contribution in [0.2, 0.25) is 0 Å². The predicted molar refractivity (Wildman–Crippen MR) is 154 cm³/mol. The lowest BCUT2D eigenvalue weighted by Crippen LogP contribution is -2.23. The first-order valence-electron chi connectivity index (χ1n) is 14.4. The van der Waals surface area contributed by atoms with Crippen LogP contribution < -0.4 is 0 Å². The van der Waals surface area contributed by atoms with Crippen molar-refractivity contribution in [3.63, 3.8) is 0 Å². The van der Waals surface area contributed by atoms with E-state index in [2.05, 4.69) is 4.90 Å². The Morgan fingerprint density at radius 1 is 1.02 bits per heavy atom. The third-order valence-corrected chi connectivity index (χ3v) is 8.56. The Kier molecular flexibility index (Phi) is 8.83. The van der Waals surface area contributed by atoms with Crippen LogP contribution in [0.1, 0.15) is 75.0 Å². The molecule has 3 aromatic carbocycles. The van der Waals surface area contributed by atoms with Crippen molar-refractivity contribution in [2.75, 3.05) is 19.6 Å². The van der Waals surface area contributed by atoms with E-state index in [9.17, 15) is 31.9 Å². The predicted octanol–water partition coefficient (Wildman–Crippen LogP) is 8.53. The summed E-state index contributed by atoms with van der Waals surface area (Å²) in [5, 5.41) is 9.58. The van der Waals surface area contributed by atoms with Crippen molar-refractivity contribution >= 4 is 17.1 Å². The number of nitrogens with zero attached hydrogens (tertiary/aromatic N) is 1. The molecule has 3 nitrogen and oxygen atoms in total. The van der Waals surface area contributed by atoms with Gasteiger partial charge in [-0.15, -0.1) is 0 Å². The summed E-state index contributed by atoms with van der Waals surface area (Å²) in [6, 6.07) is 17.4. The lowest BCUT2D eigenvalue weighted by Gasteiger charge is -2.20. The number of rotatable bonds is 8.